The Morgan fingerprint density at radius 2 is 2.14 bits per heavy atom. The van der Waals surface area contributed by atoms with E-state index in [1.54, 1.807) is 0 Å². The minimum atomic E-state index is -1.35. The summed E-state index contributed by atoms with van der Waals surface area (Å²) in [6.07, 6.45) is 3.19. The Labute approximate surface area is 127 Å². The van der Waals surface area contributed by atoms with Crippen molar-refractivity contribution < 1.29 is 19.1 Å². The lowest BCUT2D eigenvalue weighted by Crippen LogP contribution is -2.51. The lowest BCUT2D eigenvalue weighted by molar-refractivity contribution is -0.146. The molecule has 2 N–H and O–H groups in total. The molecule has 114 valence electrons. The van der Waals surface area contributed by atoms with Crippen LogP contribution >= 0.6 is 11.6 Å². The maximum atomic E-state index is 13.5. The van der Waals surface area contributed by atoms with E-state index in [-0.39, 0.29) is 10.6 Å². The second-order valence-corrected chi connectivity index (χ2v) is 5.25. The Morgan fingerprint density at radius 3 is 2.67 bits per heavy atom. The summed E-state index contributed by atoms with van der Waals surface area (Å²) < 4.78 is 13.5. The highest BCUT2D eigenvalue weighted by Crippen LogP contribution is 2.20. The molecule has 0 heterocycles. The average molecular weight is 314 g/mol. The maximum Gasteiger partial charge on any atom is 0.329 e. The van der Waals surface area contributed by atoms with Crippen molar-refractivity contribution in [3.63, 3.8) is 0 Å². The maximum absolute atomic E-state index is 13.5. The van der Waals surface area contributed by atoms with E-state index in [1.165, 1.54) is 31.2 Å². The number of carbonyl (C=O) groups excluding carboxylic acids is 1. The average Bonchev–Trinajstić information content (AvgIpc) is 2.38. The zero-order valence-corrected chi connectivity index (χ0v) is 12.6. The summed E-state index contributed by atoms with van der Waals surface area (Å²) in [7, 11) is 0. The highest BCUT2D eigenvalue weighted by molar-refractivity contribution is 6.32. The van der Waals surface area contributed by atoms with Gasteiger partial charge in [-0.1, -0.05) is 31.0 Å². The molecule has 1 unspecified atom stereocenters. The Bertz CT molecular complexity index is 554. The molecular formula is C15H17ClFNO3. The van der Waals surface area contributed by atoms with Gasteiger partial charge in [0.15, 0.2) is 0 Å². The van der Waals surface area contributed by atoms with Gasteiger partial charge in [0.05, 0.1) is 5.02 Å². The molecule has 1 aromatic carbocycles. The molecule has 0 aliphatic rings. The number of nitrogens with one attached hydrogen (secondary N) is 1. The summed E-state index contributed by atoms with van der Waals surface area (Å²) in [5.41, 5.74) is -1.27. The molecule has 0 saturated heterocycles. The van der Waals surface area contributed by atoms with Gasteiger partial charge in [-0.05, 0) is 31.6 Å². The predicted octanol–water partition coefficient (Wildman–Crippen LogP) is 3.25. The van der Waals surface area contributed by atoms with E-state index in [0.717, 1.165) is 6.08 Å². The summed E-state index contributed by atoms with van der Waals surface area (Å²) in [6.45, 7) is 3.25. The van der Waals surface area contributed by atoms with Crippen LogP contribution in [0.5, 0.6) is 0 Å². The number of carboxylic acid groups (broad SMARTS) is 1. The fourth-order valence-electron chi connectivity index (χ4n) is 1.87. The number of carbonyl (C=O) groups is 2. The highest BCUT2D eigenvalue weighted by atomic mass is 35.5. The fourth-order valence-corrected chi connectivity index (χ4v) is 2.09. The third-order valence-corrected chi connectivity index (χ3v) is 3.35. The second-order valence-electron chi connectivity index (χ2n) is 4.85. The van der Waals surface area contributed by atoms with Gasteiger partial charge in [0, 0.05) is 11.6 Å². The van der Waals surface area contributed by atoms with Crippen LogP contribution in [0, 0.1) is 5.82 Å². The molecule has 1 rings (SSSR count). The summed E-state index contributed by atoms with van der Waals surface area (Å²) in [6, 6.07) is 4.18. The first-order valence-electron chi connectivity index (χ1n) is 6.48. The molecule has 0 bridgehead atoms. The number of aliphatic carboxylic acids is 1. The molecule has 0 saturated carbocycles. The van der Waals surface area contributed by atoms with Crippen molar-refractivity contribution in [1.29, 1.82) is 0 Å². The van der Waals surface area contributed by atoms with E-state index in [2.05, 4.69) is 5.32 Å². The minimum absolute atomic E-state index is 0.0850. The van der Waals surface area contributed by atoms with Crippen LogP contribution < -0.4 is 5.32 Å². The van der Waals surface area contributed by atoms with Crippen molar-refractivity contribution in [1.82, 2.24) is 5.32 Å². The van der Waals surface area contributed by atoms with Crippen LogP contribution in [0.3, 0.4) is 0 Å². The summed E-state index contributed by atoms with van der Waals surface area (Å²) in [4.78, 5) is 23.0. The molecule has 0 spiro atoms. The van der Waals surface area contributed by atoms with Gasteiger partial charge in [0.2, 0.25) is 5.91 Å². The zero-order valence-electron chi connectivity index (χ0n) is 11.8. The SMILES string of the molecule is CCCC(C)(NC(=O)/C=C/c1c(F)cccc1Cl)C(=O)O. The molecule has 0 aliphatic carbocycles. The fraction of sp³-hybridized carbons (Fsp3) is 0.333. The molecule has 0 radical (unpaired) electrons. The van der Waals surface area contributed by atoms with Gasteiger partial charge in [-0.15, -0.1) is 0 Å². The van der Waals surface area contributed by atoms with E-state index in [9.17, 15) is 14.0 Å². The number of carboxylic acids is 1. The molecule has 6 heteroatoms. The molecule has 1 amide bonds. The summed E-state index contributed by atoms with van der Waals surface area (Å²) >= 11 is 5.83. The number of benzene rings is 1. The minimum Gasteiger partial charge on any atom is -0.480 e. The molecule has 21 heavy (non-hydrogen) atoms. The van der Waals surface area contributed by atoms with E-state index < -0.39 is 23.2 Å². The number of halogens is 2. The molecule has 0 aromatic heterocycles. The van der Waals surface area contributed by atoms with Crippen LogP contribution in [0.25, 0.3) is 6.08 Å². The van der Waals surface area contributed by atoms with Crippen LogP contribution in [0.1, 0.15) is 32.3 Å². The molecule has 1 aromatic rings. The third kappa shape index (κ3) is 4.56. The normalized spacial score (nSPS) is 13.9. The van der Waals surface area contributed by atoms with Crippen LogP contribution in [0.4, 0.5) is 4.39 Å². The van der Waals surface area contributed by atoms with Gasteiger partial charge in [-0.3, -0.25) is 4.79 Å². The predicted molar refractivity (Wildman–Crippen MR) is 79.5 cm³/mol. The van der Waals surface area contributed by atoms with E-state index in [1.807, 2.05) is 6.92 Å². The number of hydrogen-bond acceptors (Lipinski definition) is 2. The van der Waals surface area contributed by atoms with Crippen LogP contribution in [0.2, 0.25) is 5.02 Å². The number of rotatable bonds is 6. The van der Waals surface area contributed by atoms with Crippen LogP contribution in [-0.2, 0) is 9.59 Å². The van der Waals surface area contributed by atoms with Gasteiger partial charge in [0.1, 0.15) is 11.4 Å². The Balaban J connectivity index is 2.86. The Hall–Kier alpha value is -1.88. The lowest BCUT2D eigenvalue weighted by atomic mass is 9.96. The van der Waals surface area contributed by atoms with Gasteiger partial charge >= 0.3 is 5.97 Å². The quantitative estimate of drug-likeness (QED) is 0.792. The van der Waals surface area contributed by atoms with Crippen molar-refractivity contribution in [3.8, 4) is 0 Å². The highest BCUT2D eigenvalue weighted by Gasteiger charge is 2.33. The van der Waals surface area contributed by atoms with E-state index in [0.29, 0.717) is 12.8 Å². The van der Waals surface area contributed by atoms with Crippen LogP contribution in [-0.4, -0.2) is 22.5 Å². The Kier molecular flexibility index (Phi) is 5.90. The van der Waals surface area contributed by atoms with Crippen molar-refractivity contribution in [3.05, 3.63) is 40.7 Å². The van der Waals surface area contributed by atoms with Gasteiger partial charge in [-0.2, -0.15) is 0 Å². The summed E-state index contributed by atoms with van der Waals surface area (Å²) in [5, 5.41) is 11.8. The molecule has 1 atom stereocenters. The van der Waals surface area contributed by atoms with Crippen molar-refractivity contribution >= 4 is 29.6 Å². The van der Waals surface area contributed by atoms with E-state index in [4.69, 9.17) is 16.7 Å². The monoisotopic (exact) mass is 313 g/mol. The van der Waals surface area contributed by atoms with Crippen LogP contribution in [0.15, 0.2) is 24.3 Å². The Morgan fingerprint density at radius 1 is 1.48 bits per heavy atom. The van der Waals surface area contributed by atoms with Gasteiger partial charge in [-0.25, -0.2) is 9.18 Å². The topological polar surface area (TPSA) is 66.4 Å². The first-order valence-corrected chi connectivity index (χ1v) is 6.85. The van der Waals surface area contributed by atoms with Gasteiger partial charge < -0.3 is 10.4 Å². The molecule has 0 aliphatic heterocycles. The third-order valence-electron chi connectivity index (χ3n) is 3.02. The van der Waals surface area contributed by atoms with E-state index >= 15 is 0 Å². The first kappa shape index (κ1) is 17.2. The molecular weight excluding hydrogens is 297 g/mol. The standard InChI is InChI=1S/C15H17ClFNO3/c1-3-9-15(2,14(20)21)18-13(19)8-7-10-11(16)5-4-6-12(10)17/h4-8H,3,9H2,1-2H3,(H,18,19)(H,20,21)/b8-7+. The second kappa shape index (κ2) is 7.22. The number of amides is 1. The van der Waals surface area contributed by atoms with Crippen molar-refractivity contribution in [2.45, 2.75) is 32.2 Å². The number of hydrogen-bond donors (Lipinski definition) is 2. The van der Waals surface area contributed by atoms with Crippen molar-refractivity contribution in [2.75, 3.05) is 0 Å². The van der Waals surface area contributed by atoms with Gasteiger partial charge in [0.25, 0.3) is 0 Å². The first-order chi connectivity index (χ1) is 9.80. The lowest BCUT2D eigenvalue weighted by Gasteiger charge is -2.24. The smallest absolute Gasteiger partial charge is 0.329 e. The summed E-state index contributed by atoms with van der Waals surface area (Å²) in [5.74, 6) is -2.29. The van der Waals surface area contributed by atoms with Crippen molar-refractivity contribution in [2.24, 2.45) is 0 Å². The zero-order chi connectivity index (χ0) is 16.0. The molecule has 4 nitrogen and oxygen atoms in total. The largest absolute Gasteiger partial charge is 0.480 e. The molecule has 0 fully saturated rings.